The largest absolute Gasteiger partial charge is 0.309 e. The van der Waals surface area contributed by atoms with E-state index in [2.05, 4.69) is 178 Å². The van der Waals surface area contributed by atoms with Crippen molar-refractivity contribution in [3.05, 3.63) is 169 Å². The van der Waals surface area contributed by atoms with Gasteiger partial charge in [0.2, 0.25) is 0 Å². The average Bonchev–Trinajstić information content (AvgIpc) is 3.82. The normalized spacial score (nSPS) is 11.8. The molecular weight excluding hydrogens is 589 g/mol. The second kappa shape index (κ2) is 10.3. The highest BCUT2D eigenvalue weighted by Crippen LogP contribution is 2.39. The van der Waals surface area contributed by atoms with Gasteiger partial charge >= 0.3 is 0 Å². The molecule has 0 atom stereocenters. The molecule has 2 nitrogen and oxygen atoms in total. The van der Waals surface area contributed by atoms with Crippen molar-refractivity contribution < 1.29 is 0 Å². The van der Waals surface area contributed by atoms with Crippen LogP contribution in [0.2, 0.25) is 0 Å². The van der Waals surface area contributed by atoms with Gasteiger partial charge in [0, 0.05) is 48.6 Å². The summed E-state index contributed by atoms with van der Waals surface area (Å²) >= 11 is 1.81. The first-order valence-electron chi connectivity index (χ1n) is 16.0. The highest BCUT2D eigenvalue weighted by molar-refractivity contribution is 7.17. The molecule has 3 aromatic heterocycles. The number of hydrogen-bond donors (Lipinski definition) is 0. The summed E-state index contributed by atoms with van der Waals surface area (Å²) < 4.78 is 6.11. The highest BCUT2D eigenvalue weighted by atomic mass is 32.1. The summed E-state index contributed by atoms with van der Waals surface area (Å²) in [6, 6.07) is 59.7. The Hall–Kier alpha value is -5.90. The summed E-state index contributed by atoms with van der Waals surface area (Å²) in [6.45, 7) is 0. The summed E-state index contributed by atoms with van der Waals surface area (Å²) in [6.07, 6.45) is 0. The number of benzene rings is 7. The fraction of sp³-hybridized carbons (Fsp3) is 0. The molecule has 0 bridgehead atoms. The van der Waals surface area contributed by atoms with E-state index in [9.17, 15) is 0 Å². The summed E-state index contributed by atoms with van der Waals surface area (Å²) in [4.78, 5) is 0. The molecule has 3 heteroatoms. The first-order valence-corrected chi connectivity index (χ1v) is 16.9. The molecule has 0 aliphatic rings. The van der Waals surface area contributed by atoms with Gasteiger partial charge in [0.1, 0.15) is 0 Å². The van der Waals surface area contributed by atoms with Gasteiger partial charge in [-0.1, -0.05) is 97.1 Å². The first kappa shape index (κ1) is 26.3. The topological polar surface area (TPSA) is 9.86 Å². The van der Waals surface area contributed by atoms with Crippen LogP contribution in [0.15, 0.2) is 169 Å². The maximum absolute atomic E-state index is 2.42. The SMILES string of the molecule is c1ccc(-n2c3ccccc3c3cc(-c4ccc5c(c4)c4ccccc4n5-c4cccc(-c5csc6ccccc56)c4)ccc32)cc1. The molecule has 0 radical (unpaired) electrons. The fourth-order valence-electron chi connectivity index (χ4n) is 7.45. The lowest BCUT2D eigenvalue weighted by molar-refractivity contribution is 1.18. The highest BCUT2D eigenvalue weighted by Gasteiger charge is 2.16. The first-order chi connectivity index (χ1) is 23.3. The van der Waals surface area contributed by atoms with E-state index in [-0.39, 0.29) is 0 Å². The fourth-order valence-corrected chi connectivity index (χ4v) is 8.42. The van der Waals surface area contributed by atoms with E-state index in [4.69, 9.17) is 0 Å². The van der Waals surface area contributed by atoms with Crippen LogP contribution in [-0.2, 0) is 0 Å². The van der Waals surface area contributed by atoms with Crippen LogP contribution in [-0.4, -0.2) is 9.13 Å². The van der Waals surface area contributed by atoms with Gasteiger partial charge in [-0.3, -0.25) is 0 Å². The van der Waals surface area contributed by atoms with Gasteiger partial charge in [0.15, 0.2) is 0 Å². The number of fused-ring (bicyclic) bond motifs is 7. The number of aromatic nitrogens is 2. The molecule has 0 spiro atoms. The number of hydrogen-bond acceptors (Lipinski definition) is 1. The number of para-hydroxylation sites is 3. The summed E-state index contributed by atoms with van der Waals surface area (Å²) in [5, 5.41) is 8.65. The number of nitrogens with zero attached hydrogens (tertiary/aromatic N) is 2. The van der Waals surface area contributed by atoms with Gasteiger partial charge in [-0.15, -0.1) is 11.3 Å². The van der Waals surface area contributed by atoms with Crippen molar-refractivity contribution in [2.45, 2.75) is 0 Å². The van der Waals surface area contributed by atoms with Crippen LogP contribution in [0.3, 0.4) is 0 Å². The van der Waals surface area contributed by atoms with Gasteiger partial charge in [-0.2, -0.15) is 0 Å². The molecule has 3 heterocycles. The van der Waals surface area contributed by atoms with Crippen LogP contribution in [0.4, 0.5) is 0 Å². The van der Waals surface area contributed by atoms with Crippen molar-refractivity contribution in [1.82, 2.24) is 9.13 Å². The molecule has 0 fully saturated rings. The molecule has 0 amide bonds. The molecule has 47 heavy (non-hydrogen) atoms. The average molecular weight is 617 g/mol. The van der Waals surface area contributed by atoms with E-state index in [0.29, 0.717) is 0 Å². The lowest BCUT2D eigenvalue weighted by atomic mass is 10.0. The monoisotopic (exact) mass is 616 g/mol. The molecule has 10 rings (SSSR count). The Labute approximate surface area is 276 Å². The maximum atomic E-state index is 2.42. The van der Waals surface area contributed by atoms with Crippen LogP contribution < -0.4 is 0 Å². The molecule has 7 aromatic carbocycles. The Kier molecular flexibility index (Phi) is 5.78. The second-order valence-corrected chi connectivity index (χ2v) is 13.1. The van der Waals surface area contributed by atoms with Gasteiger partial charge in [-0.25, -0.2) is 0 Å². The molecule has 0 saturated heterocycles. The molecule has 0 saturated carbocycles. The molecule has 0 unspecified atom stereocenters. The van der Waals surface area contributed by atoms with Crippen LogP contribution in [0.5, 0.6) is 0 Å². The third-order valence-electron chi connectivity index (χ3n) is 9.59. The van der Waals surface area contributed by atoms with E-state index < -0.39 is 0 Å². The zero-order valence-electron chi connectivity index (χ0n) is 25.5. The van der Waals surface area contributed by atoms with Crippen LogP contribution in [0, 0.1) is 0 Å². The Bertz CT molecular complexity index is 2800. The standard InChI is InChI=1S/C44H28N2S/c1-2-12-32(13-3-1)45-40-18-7-4-15-34(40)37-26-29(21-23-42(37)45)30-22-24-43-38(27-30)35-16-5-8-19-41(35)46(43)33-14-10-11-31(25-33)39-28-47-44-20-9-6-17-36(39)44/h1-28H. The predicted octanol–water partition coefficient (Wildman–Crippen LogP) is 12.4. The van der Waals surface area contributed by atoms with Crippen molar-refractivity contribution >= 4 is 65.0 Å². The summed E-state index contributed by atoms with van der Waals surface area (Å²) in [5.74, 6) is 0. The van der Waals surface area contributed by atoms with Gasteiger partial charge in [0.05, 0.1) is 22.1 Å². The lowest BCUT2D eigenvalue weighted by Crippen LogP contribution is -1.94. The van der Waals surface area contributed by atoms with Crippen LogP contribution >= 0.6 is 11.3 Å². The van der Waals surface area contributed by atoms with Crippen molar-refractivity contribution in [1.29, 1.82) is 0 Å². The molecule has 220 valence electrons. The minimum atomic E-state index is 1.17. The van der Waals surface area contributed by atoms with E-state index in [1.807, 2.05) is 11.3 Å². The summed E-state index contributed by atoms with van der Waals surface area (Å²) in [5.41, 5.74) is 12.2. The molecule has 0 aliphatic carbocycles. The maximum Gasteiger partial charge on any atom is 0.0541 e. The molecule has 0 N–H and O–H groups in total. The van der Waals surface area contributed by atoms with Crippen molar-refractivity contribution in [3.63, 3.8) is 0 Å². The van der Waals surface area contributed by atoms with Crippen LogP contribution in [0.1, 0.15) is 0 Å². The van der Waals surface area contributed by atoms with E-state index in [1.165, 1.54) is 87.3 Å². The quantitative estimate of drug-likeness (QED) is 0.186. The molecular formula is C44H28N2S. The minimum Gasteiger partial charge on any atom is -0.309 e. The van der Waals surface area contributed by atoms with Crippen LogP contribution in [0.25, 0.3) is 87.3 Å². The smallest absolute Gasteiger partial charge is 0.0541 e. The third kappa shape index (κ3) is 4.04. The van der Waals surface area contributed by atoms with Gasteiger partial charge < -0.3 is 9.13 Å². The Balaban J connectivity index is 1.14. The zero-order chi connectivity index (χ0) is 30.9. The van der Waals surface area contributed by atoms with Crippen molar-refractivity contribution in [2.75, 3.05) is 0 Å². The number of rotatable bonds is 4. The van der Waals surface area contributed by atoms with Crippen molar-refractivity contribution in [3.8, 4) is 33.6 Å². The molecule has 10 aromatic rings. The number of thiophene rings is 1. The van der Waals surface area contributed by atoms with E-state index >= 15 is 0 Å². The lowest BCUT2D eigenvalue weighted by Gasteiger charge is -2.11. The van der Waals surface area contributed by atoms with E-state index in [1.54, 1.807) is 0 Å². The van der Waals surface area contributed by atoms with Crippen molar-refractivity contribution in [2.24, 2.45) is 0 Å². The minimum absolute atomic E-state index is 1.17. The molecule has 0 aliphatic heterocycles. The second-order valence-electron chi connectivity index (χ2n) is 12.2. The van der Waals surface area contributed by atoms with E-state index in [0.717, 1.165) is 0 Å². The Morgan fingerprint density at radius 3 is 1.55 bits per heavy atom. The Morgan fingerprint density at radius 1 is 0.340 bits per heavy atom. The van der Waals surface area contributed by atoms with Gasteiger partial charge in [0.25, 0.3) is 0 Å². The Morgan fingerprint density at radius 2 is 0.872 bits per heavy atom. The zero-order valence-corrected chi connectivity index (χ0v) is 26.3. The third-order valence-corrected chi connectivity index (χ3v) is 10.6. The summed E-state index contributed by atoms with van der Waals surface area (Å²) in [7, 11) is 0. The van der Waals surface area contributed by atoms with Gasteiger partial charge in [-0.05, 0) is 88.8 Å². The predicted molar refractivity (Wildman–Crippen MR) is 201 cm³/mol.